The van der Waals surface area contributed by atoms with Crippen LogP contribution in [0.3, 0.4) is 0 Å². The van der Waals surface area contributed by atoms with Crippen LogP contribution in [0.25, 0.3) is 0 Å². The molecule has 0 aliphatic heterocycles. The third-order valence-electron chi connectivity index (χ3n) is 2.39. The summed E-state index contributed by atoms with van der Waals surface area (Å²) in [5, 5.41) is 2.52. The van der Waals surface area contributed by atoms with Gasteiger partial charge in [-0.15, -0.1) is 0 Å². The first-order chi connectivity index (χ1) is 8.59. The van der Waals surface area contributed by atoms with Crippen LogP contribution in [0.4, 0.5) is 0 Å². The molecule has 0 unspecified atom stereocenters. The molecule has 0 aliphatic carbocycles. The van der Waals surface area contributed by atoms with E-state index in [9.17, 15) is 9.59 Å². The van der Waals surface area contributed by atoms with Gasteiger partial charge in [0.1, 0.15) is 6.54 Å². The predicted octanol–water partition coefficient (Wildman–Crippen LogP) is 2.01. The summed E-state index contributed by atoms with van der Waals surface area (Å²) in [4.78, 5) is 22.9. The van der Waals surface area contributed by atoms with E-state index in [0.717, 1.165) is 6.42 Å². The Bertz CT molecular complexity index is 387. The monoisotopic (exact) mass is 249 g/mol. The zero-order chi connectivity index (χ0) is 13.4. The van der Waals surface area contributed by atoms with Crippen molar-refractivity contribution in [3.63, 3.8) is 0 Å². The number of rotatable bonds is 6. The zero-order valence-electron chi connectivity index (χ0n) is 10.8. The van der Waals surface area contributed by atoms with Gasteiger partial charge in [0.05, 0.1) is 6.61 Å². The fourth-order valence-electron chi connectivity index (χ4n) is 1.30. The van der Waals surface area contributed by atoms with Gasteiger partial charge < -0.3 is 10.1 Å². The number of carbonyl (C=O) groups excluding carboxylic acids is 2. The maximum atomic E-state index is 11.6. The lowest BCUT2D eigenvalue weighted by Crippen LogP contribution is -2.30. The quantitative estimate of drug-likeness (QED) is 0.785. The molecule has 0 heterocycles. The molecule has 1 amide bonds. The highest BCUT2D eigenvalue weighted by Gasteiger charge is 2.08. The standard InChI is InChI=1S/C14H19NO3/c1-11(2)8-9-18-13(16)10-15-14(17)12-6-4-3-5-7-12/h3-7,11H,8-10H2,1-2H3,(H,15,17). The van der Waals surface area contributed by atoms with E-state index in [0.29, 0.717) is 18.1 Å². The van der Waals surface area contributed by atoms with Crippen LogP contribution in [0, 0.1) is 5.92 Å². The lowest BCUT2D eigenvalue weighted by atomic mass is 10.1. The summed E-state index contributed by atoms with van der Waals surface area (Å²) in [6.07, 6.45) is 0.832. The van der Waals surface area contributed by atoms with Crippen LogP contribution in [0.2, 0.25) is 0 Å². The van der Waals surface area contributed by atoms with Crippen LogP contribution in [0.5, 0.6) is 0 Å². The number of nitrogens with one attached hydrogen (secondary N) is 1. The lowest BCUT2D eigenvalue weighted by molar-refractivity contribution is -0.142. The number of ether oxygens (including phenoxy) is 1. The molecule has 0 saturated carbocycles. The second kappa shape index (κ2) is 7.48. The Kier molecular flexibility index (Phi) is 5.91. The van der Waals surface area contributed by atoms with Crippen LogP contribution in [0.15, 0.2) is 30.3 Å². The molecule has 0 bridgehead atoms. The zero-order valence-corrected chi connectivity index (χ0v) is 10.8. The first-order valence-electron chi connectivity index (χ1n) is 6.08. The van der Waals surface area contributed by atoms with Crippen LogP contribution in [-0.2, 0) is 9.53 Å². The number of esters is 1. The van der Waals surface area contributed by atoms with Gasteiger partial charge >= 0.3 is 5.97 Å². The third-order valence-corrected chi connectivity index (χ3v) is 2.39. The summed E-state index contributed by atoms with van der Waals surface area (Å²) in [7, 11) is 0. The van der Waals surface area contributed by atoms with Crippen molar-refractivity contribution in [2.45, 2.75) is 20.3 Å². The number of benzene rings is 1. The Morgan fingerprint density at radius 2 is 1.89 bits per heavy atom. The minimum Gasteiger partial charge on any atom is -0.464 e. The smallest absolute Gasteiger partial charge is 0.325 e. The Labute approximate surface area is 107 Å². The molecule has 1 N–H and O–H groups in total. The molecule has 0 spiro atoms. The summed E-state index contributed by atoms with van der Waals surface area (Å²) in [5.74, 6) is -0.173. The molecular formula is C14H19NO3. The van der Waals surface area contributed by atoms with Gasteiger partial charge in [-0.1, -0.05) is 32.0 Å². The van der Waals surface area contributed by atoms with E-state index >= 15 is 0 Å². The molecule has 0 atom stereocenters. The van der Waals surface area contributed by atoms with E-state index in [1.165, 1.54) is 0 Å². The van der Waals surface area contributed by atoms with Gasteiger partial charge in [-0.25, -0.2) is 0 Å². The summed E-state index contributed by atoms with van der Waals surface area (Å²) in [6, 6.07) is 8.77. The molecule has 1 aromatic carbocycles. The molecule has 1 rings (SSSR count). The third kappa shape index (κ3) is 5.48. The molecule has 0 radical (unpaired) electrons. The first kappa shape index (κ1) is 14.2. The maximum absolute atomic E-state index is 11.6. The van der Waals surface area contributed by atoms with Crippen molar-refractivity contribution in [2.24, 2.45) is 5.92 Å². The summed E-state index contributed by atoms with van der Waals surface area (Å²) in [5.41, 5.74) is 0.535. The van der Waals surface area contributed by atoms with Gasteiger partial charge in [0.25, 0.3) is 5.91 Å². The van der Waals surface area contributed by atoms with Crippen molar-refractivity contribution < 1.29 is 14.3 Å². The Balaban J connectivity index is 2.24. The highest BCUT2D eigenvalue weighted by Crippen LogP contribution is 1.99. The van der Waals surface area contributed by atoms with Crippen LogP contribution in [0.1, 0.15) is 30.6 Å². The highest BCUT2D eigenvalue weighted by molar-refractivity contribution is 5.95. The van der Waals surface area contributed by atoms with E-state index in [1.54, 1.807) is 24.3 Å². The van der Waals surface area contributed by atoms with Gasteiger partial charge in [-0.05, 0) is 24.5 Å². The minimum absolute atomic E-state index is 0.0914. The molecule has 98 valence electrons. The average Bonchev–Trinajstić information content (AvgIpc) is 2.36. The topological polar surface area (TPSA) is 55.4 Å². The van der Waals surface area contributed by atoms with E-state index in [4.69, 9.17) is 4.74 Å². The van der Waals surface area contributed by atoms with Crippen molar-refractivity contribution >= 4 is 11.9 Å². The molecule has 0 saturated heterocycles. The van der Waals surface area contributed by atoms with Gasteiger partial charge in [-0.2, -0.15) is 0 Å². The van der Waals surface area contributed by atoms with Crippen molar-refractivity contribution in [3.05, 3.63) is 35.9 Å². The van der Waals surface area contributed by atoms with E-state index in [-0.39, 0.29) is 12.5 Å². The molecule has 1 aromatic rings. The van der Waals surface area contributed by atoms with E-state index < -0.39 is 5.97 Å². The normalized spacial score (nSPS) is 10.2. The summed E-state index contributed by atoms with van der Waals surface area (Å²) in [6.45, 7) is 4.43. The summed E-state index contributed by atoms with van der Waals surface area (Å²) >= 11 is 0. The summed E-state index contributed by atoms with van der Waals surface area (Å²) < 4.78 is 4.99. The predicted molar refractivity (Wildman–Crippen MR) is 69.2 cm³/mol. The molecule has 0 aliphatic rings. The molecule has 0 aromatic heterocycles. The Morgan fingerprint density at radius 1 is 1.22 bits per heavy atom. The maximum Gasteiger partial charge on any atom is 0.325 e. The second-order valence-corrected chi connectivity index (χ2v) is 4.45. The fraction of sp³-hybridized carbons (Fsp3) is 0.429. The van der Waals surface area contributed by atoms with Crippen LogP contribution in [-0.4, -0.2) is 25.0 Å². The Hall–Kier alpha value is -1.84. The van der Waals surface area contributed by atoms with Crippen LogP contribution < -0.4 is 5.32 Å². The van der Waals surface area contributed by atoms with Crippen molar-refractivity contribution in [1.29, 1.82) is 0 Å². The number of amides is 1. The van der Waals surface area contributed by atoms with E-state index in [1.807, 2.05) is 6.07 Å². The first-order valence-corrected chi connectivity index (χ1v) is 6.08. The lowest BCUT2D eigenvalue weighted by Gasteiger charge is -2.07. The van der Waals surface area contributed by atoms with Crippen molar-refractivity contribution in [2.75, 3.05) is 13.2 Å². The van der Waals surface area contributed by atoms with Gasteiger partial charge in [-0.3, -0.25) is 9.59 Å². The van der Waals surface area contributed by atoms with Crippen LogP contribution >= 0.6 is 0 Å². The average molecular weight is 249 g/mol. The molecule has 4 heteroatoms. The number of hydrogen-bond acceptors (Lipinski definition) is 3. The Morgan fingerprint density at radius 3 is 2.50 bits per heavy atom. The van der Waals surface area contributed by atoms with Gasteiger partial charge in [0.2, 0.25) is 0 Å². The molecule has 0 fully saturated rings. The SMILES string of the molecule is CC(C)CCOC(=O)CNC(=O)c1ccccc1. The highest BCUT2D eigenvalue weighted by atomic mass is 16.5. The number of carbonyl (C=O) groups is 2. The minimum atomic E-state index is -0.403. The van der Waals surface area contributed by atoms with Crippen molar-refractivity contribution in [3.8, 4) is 0 Å². The van der Waals surface area contributed by atoms with Gasteiger partial charge in [0.15, 0.2) is 0 Å². The molecular weight excluding hydrogens is 230 g/mol. The molecule has 18 heavy (non-hydrogen) atoms. The fourth-order valence-corrected chi connectivity index (χ4v) is 1.30. The second-order valence-electron chi connectivity index (χ2n) is 4.45. The van der Waals surface area contributed by atoms with Gasteiger partial charge in [0, 0.05) is 5.56 Å². The van der Waals surface area contributed by atoms with E-state index in [2.05, 4.69) is 19.2 Å². The number of hydrogen-bond donors (Lipinski definition) is 1. The van der Waals surface area contributed by atoms with Crippen molar-refractivity contribution in [1.82, 2.24) is 5.32 Å². The largest absolute Gasteiger partial charge is 0.464 e. The molecule has 4 nitrogen and oxygen atoms in total.